The summed E-state index contributed by atoms with van der Waals surface area (Å²) in [6.45, 7) is 5.74. The molecule has 0 aromatic carbocycles. The van der Waals surface area contributed by atoms with Crippen LogP contribution in [0.25, 0.3) is 12.7 Å². The smallest absolute Gasteiger partial charge is 0.133 e. The molecule has 10 heavy (non-hydrogen) atoms. The average molecular weight is 134 g/mol. The van der Waals surface area contributed by atoms with Gasteiger partial charge >= 0.3 is 0 Å². The van der Waals surface area contributed by atoms with Crippen LogP contribution in [0.1, 0.15) is 6.92 Å². The van der Waals surface area contributed by atoms with Crippen molar-refractivity contribution < 1.29 is 4.42 Å². The van der Waals surface area contributed by atoms with Gasteiger partial charge in [-0.25, -0.2) is 0 Å². The van der Waals surface area contributed by atoms with Crippen LogP contribution in [-0.2, 0) is 0 Å². The fourth-order valence-electron chi connectivity index (χ4n) is 0.677. The van der Waals surface area contributed by atoms with Crippen LogP contribution >= 0.6 is 0 Å². The number of hydrogen-bond donors (Lipinski definition) is 0. The fraction of sp³-hybridized carbons (Fsp3) is 0.111. The van der Waals surface area contributed by atoms with Crippen molar-refractivity contribution in [2.45, 2.75) is 6.92 Å². The average Bonchev–Trinajstić information content (AvgIpc) is 2.31. The van der Waals surface area contributed by atoms with Crippen LogP contribution in [0.2, 0.25) is 0 Å². The molecule has 0 saturated carbocycles. The summed E-state index contributed by atoms with van der Waals surface area (Å²) in [5, 5.41) is 0.929. The molecule has 0 N–H and O–H groups in total. The van der Waals surface area contributed by atoms with Gasteiger partial charge in [0.1, 0.15) is 5.42 Å². The first-order valence-corrected chi connectivity index (χ1v) is 3.20. The van der Waals surface area contributed by atoms with Crippen LogP contribution in [0.3, 0.4) is 0 Å². The maximum absolute atomic E-state index is 5.10. The molecular weight excluding hydrogens is 124 g/mol. The topological polar surface area (TPSA) is 13.1 Å². The third kappa shape index (κ3) is 1.38. The molecule has 0 saturated heterocycles. The minimum absolute atomic E-state index is 0.832. The van der Waals surface area contributed by atoms with Gasteiger partial charge in [0, 0.05) is 5.22 Å². The zero-order valence-corrected chi connectivity index (χ0v) is 6.00. The first-order valence-electron chi connectivity index (χ1n) is 3.20. The van der Waals surface area contributed by atoms with Crippen LogP contribution in [0.5, 0.6) is 0 Å². The second kappa shape index (κ2) is 3.06. The number of furan rings is 1. The second-order valence-electron chi connectivity index (χ2n) is 2.00. The largest absolute Gasteiger partial charge is 0.464 e. The molecule has 0 fully saturated rings. The Kier molecular flexibility index (Phi) is 2.11. The highest BCUT2D eigenvalue weighted by molar-refractivity contribution is 5.33. The van der Waals surface area contributed by atoms with Crippen molar-refractivity contribution in [2.75, 3.05) is 0 Å². The SMILES string of the molecule is C=c1cco/c1=C/C=C\C. The van der Waals surface area contributed by atoms with Gasteiger partial charge in [0.25, 0.3) is 0 Å². The monoisotopic (exact) mass is 134 g/mol. The molecule has 1 heterocycles. The summed E-state index contributed by atoms with van der Waals surface area (Å²) in [4.78, 5) is 0. The Bertz CT molecular complexity index is 317. The van der Waals surface area contributed by atoms with Gasteiger partial charge in [-0.1, -0.05) is 18.7 Å². The number of hydrogen-bond acceptors (Lipinski definition) is 1. The van der Waals surface area contributed by atoms with Crippen molar-refractivity contribution in [3.05, 3.63) is 35.1 Å². The Morgan fingerprint density at radius 3 is 2.90 bits per heavy atom. The third-order valence-corrected chi connectivity index (χ3v) is 1.22. The Balaban J connectivity index is 3.16. The molecule has 0 atom stereocenters. The number of allylic oxidation sites excluding steroid dienone is 2. The zero-order valence-electron chi connectivity index (χ0n) is 6.00. The third-order valence-electron chi connectivity index (χ3n) is 1.22. The Labute approximate surface area is 60.0 Å². The van der Waals surface area contributed by atoms with E-state index in [2.05, 4.69) is 6.58 Å². The summed E-state index contributed by atoms with van der Waals surface area (Å²) in [6, 6.07) is 1.84. The Hall–Kier alpha value is -1.24. The van der Waals surface area contributed by atoms with E-state index in [1.54, 1.807) is 6.26 Å². The lowest BCUT2D eigenvalue weighted by molar-refractivity contribution is 0.531. The van der Waals surface area contributed by atoms with Crippen LogP contribution in [0.15, 0.2) is 28.9 Å². The van der Waals surface area contributed by atoms with Crippen molar-refractivity contribution >= 4 is 12.7 Å². The van der Waals surface area contributed by atoms with E-state index < -0.39 is 0 Å². The first kappa shape index (κ1) is 6.87. The summed E-state index contributed by atoms with van der Waals surface area (Å²) < 4.78 is 5.10. The van der Waals surface area contributed by atoms with E-state index in [0.29, 0.717) is 0 Å². The minimum atomic E-state index is 0.832. The molecule has 0 bridgehead atoms. The summed E-state index contributed by atoms with van der Waals surface area (Å²) >= 11 is 0. The molecule has 1 nitrogen and oxygen atoms in total. The van der Waals surface area contributed by atoms with Crippen LogP contribution in [-0.4, -0.2) is 0 Å². The Morgan fingerprint density at radius 1 is 1.60 bits per heavy atom. The van der Waals surface area contributed by atoms with E-state index in [1.807, 2.05) is 31.2 Å². The van der Waals surface area contributed by atoms with Crippen molar-refractivity contribution in [2.24, 2.45) is 0 Å². The molecule has 1 aromatic heterocycles. The van der Waals surface area contributed by atoms with E-state index >= 15 is 0 Å². The van der Waals surface area contributed by atoms with E-state index in [-0.39, 0.29) is 0 Å². The summed E-state index contributed by atoms with van der Waals surface area (Å²) in [6.07, 6.45) is 7.40. The lowest BCUT2D eigenvalue weighted by Crippen LogP contribution is -2.16. The van der Waals surface area contributed by atoms with E-state index in [0.717, 1.165) is 10.6 Å². The lowest BCUT2D eigenvalue weighted by Gasteiger charge is -1.71. The predicted molar refractivity (Wildman–Crippen MR) is 42.8 cm³/mol. The van der Waals surface area contributed by atoms with Gasteiger partial charge in [0.15, 0.2) is 0 Å². The Morgan fingerprint density at radius 2 is 2.40 bits per heavy atom. The van der Waals surface area contributed by atoms with Crippen molar-refractivity contribution in [1.82, 2.24) is 0 Å². The quantitative estimate of drug-likeness (QED) is 0.559. The molecule has 1 heteroatoms. The molecule has 0 aliphatic carbocycles. The van der Waals surface area contributed by atoms with Gasteiger partial charge in [0.05, 0.1) is 6.26 Å². The highest BCUT2D eigenvalue weighted by Gasteiger charge is 1.80. The molecular formula is C9H10O. The van der Waals surface area contributed by atoms with Gasteiger partial charge in [0.2, 0.25) is 0 Å². The predicted octanol–water partition coefficient (Wildman–Crippen LogP) is 1.05. The van der Waals surface area contributed by atoms with E-state index in [4.69, 9.17) is 4.42 Å². The summed E-state index contributed by atoms with van der Waals surface area (Å²) in [7, 11) is 0. The van der Waals surface area contributed by atoms with Crippen molar-refractivity contribution in [3.8, 4) is 0 Å². The molecule has 1 aromatic rings. The maximum atomic E-state index is 5.10. The lowest BCUT2D eigenvalue weighted by atomic mass is 10.4. The fourth-order valence-corrected chi connectivity index (χ4v) is 0.677. The summed E-state index contributed by atoms with van der Waals surface area (Å²) in [5.41, 5.74) is 0.832. The normalized spacial score (nSPS) is 13.1. The van der Waals surface area contributed by atoms with Crippen molar-refractivity contribution in [3.63, 3.8) is 0 Å². The first-order chi connectivity index (χ1) is 4.84. The molecule has 0 amide bonds. The zero-order chi connectivity index (χ0) is 7.40. The summed E-state index contributed by atoms with van der Waals surface area (Å²) in [5.74, 6) is 0. The van der Waals surface area contributed by atoms with Crippen LogP contribution in [0, 0.1) is 0 Å². The van der Waals surface area contributed by atoms with Gasteiger partial charge < -0.3 is 4.42 Å². The molecule has 0 unspecified atom stereocenters. The molecule has 0 aliphatic heterocycles. The molecule has 0 aliphatic rings. The maximum Gasteiger partial charge on any atom is 0.133 e. The van der Waals surface area contributed by atoms with Crippen molar-refractivity contribution in [1.29, 1.82) is 0 Å². The van der Waals surface area contributed by atoms with Crippen LogP contribution < -0.4 is 10.6 Å². The standard InChI is InChI=1S/C9H10O/c1-3-4-5-9-8(2)6-7-10-9/h3-7H,2H2,1H3/b4-3-,9-5+. The van der Waals surface area contributed by atoms with Gasteiger partial charge in [-0.2, -0.15) is 0 Å². The highest BCUT2D eigenvalue weighted by Crippen LogP contribution is 1.72. The molecule has 52 valence electrons. The molecule has 0 spiro atoms. The van der Waals surface area contributed by atoms with Gasteiger partial charge in [-0.3, -0.25) is 0 Å². The van der Waals surface area contributed by atoms with Gasteiger partial charge in [-0.05, 0) is 19.1 Å². The second-order valence-corrected chi connectivity index (χ2v) is 2.00. The van der Waals surface area contributed by atoms with Crippen LogP contribution in [0.4, 0.5) is 0 Å². The van der Waals surface area contributed by atoms with E-state index in [9.17, 15) is 0 Å². The van der Waals surface area contributed by atoms with E-state index in [1.165, 1.54) is 0 Å². The molecule has 1 rings (SSSR count). The highest BCUT2D eigenvalue weighted by atomic mass is 16.3. The van der Waals surface area contributed by atoms with Gasteiger partial charge in [-0.15, -0.1) is 0 Å². The number of rotatable bonds is 1. The minimum Gasteiger partial charge on any atom is -0.464 e. The molecule has 0 radical (unpaired) electrons.